The predicted octanol–water partition coefficient (Wildman–Crippen LogP) is 3.51. The van der Waals surface area contributed by atoms with Gasteiger partial charge in [0.15, 0.2) is 0 Å². The highest BCUT2D eigenvalue weighted by Crippen LogP contribution is 2.35. The number of halogens is 3. The Hall–Kier alpha value is -1.04. The van der Waals surface area contributed by atoms with E-state index in [1.54, 1.807) is 18.2 Å². The number of aromatic nitrogens is 2. The summed E-state index contributed by atoms with van der Waals surface area (Å²) in [4.78, 5) is 8.09. The van der Waals surface area contributed by atoms with Gasteiger partial charge in [0.2, 0.25) is 5.95 Å². The summed E-state index contributed by atoms with van der Waals surface area (Å²) in [5.74, 6) is 0.428. The number of nitrogens with two attached hydrogens (primary N) is 2. The van der Waals surface area contributed by atoms with Crippen molar-refractivity contribution < 1.29 is 0 Å². The number of hydrogen-bond donors (Lipinski definition) is 2. The molecule has 0 radical (unpaired) electrons. The molecule has 0 saturated carbocycles. The smallest absolute Gasteiger partial charge is 0.222 e. The van der Waals surface area contributed by atoms with Crippen LogP contribution in [0.2, 0.25) is 10.0 Å². The summed E-state index contributed by atoms with van der Waals surface area (Å²) in [5, 5.41) is 1.54. The standard InChI is InChI=1S/C11H9BrCl2N4/c12-4-8-9(10(15)18-11(16)17-8)6-2-1-5(13)3-7(6)14/h1-3H,4H2,(H4,15,16,17,18). The number of rotatable bonds is 2. The molecule has 1 heterocycles. The van der Waals surface area contributed by atoms with Crippen LogP contribution < -0.4 is 11.5 Å². The first-order valence-corrected chi connectivity index (χ1v) is 6.84. The van der Waals surface area contributed by atoms with Crippen molar-refractivity contribution in [3.8, 4) is 11.1 Å². The zero-order valence-electron chi connectivity index (χ0n) is 9.12. The number of anilines is 2. The molecule has 2 aromatic rings. The van der Waals surface area contributed by atoms with Gasteiger partial charge in [-0.05, 0) is 12.1 Å². The first-order valence-electron chi connectivity index (χ1n) is 4.96. The fourth-order valence-electron chi connectivity index (χ4n) is 1.63. The average Bonchev–Trinajstić information content (AvgIpc) is 2.29. The van der Waals surface area contributed by atoms with E-state index in [0.717, 1.165) is 5.56 Å². The second-order valence-corrected chi connectivity index (χ2v) is 4.95. The van der Waals surface area contributed by atoms with Crippen LogP contribution in [0.3, 0.4) is 0 Å². The molecule has 0 fully saturated rings. The quantitative estimate of drug-likeness (QED) is 0.815. The van der Waals surface area contributed by atoms with Crippen LogP contribution in [-0.4, -0.2) is 9.97 Å². The van der Waals surface area contributed by atoms with Gasteiger partial charge in [-0.25, -0.2) is 4.98 Å². The fourth-order valence-corrected chi connectivity index (χ4v) is 2.54. The minimum Gasteiger partial charge on any atom is -0.383 e. The highest BCUT2D eigenvalue weighted by atomic mass is 79.9. The molecule has 2 rings (SSSR count). The Morgan fingerprint density at radius 1 is 1.17 bits per heavy atom. The van der Waals surface area contributed by atoms with Crippen molar-refractivity contribution in [3.63, 3.8) is 0 Å². The van der Waals surface area contributed by atoms with Gasteiger partial charge in [-0.15, -0.1) is 0 Å². The van der Waals surface area contributed by atoms with Crippen molar-refractivity contribution in [1.82, 2.24) is 9.97 Å². The van der Waals surface area contributed by atoms with Crippen LogP contribution in [-0.2, 0) is 5.33 Å². The van der Waals surface area contributed by atoms with Gasteiger partial charge >= 0.3 is 0 Å². The predicted molar refractivity (Wildman–Crippen MR) is 78.9 cm³/mol. The maximum absolute atomic E-state index is 6.16. The van der Waals surface area contributed by atoms with E-state index in [9.17, 15) is 0 Å². The highest BCUT2D eigenvalue weighted by Gasteiger charge is 2.15. The molecule has 0 atom stereocenters. The second kappa shape index (κ2) is 5.30. The number of nitrogens with zero attached hydrogens (tertiary/aromatic N) is 2. The Bertz CT molecular complexity index is 604. The van der Waals surface area contributed by atoms with Crippen molar-refractivity contribution in [2.24, 2.45) is 0 Å². The van der Waals surface area contributed by atoms with E-state index in [0.29, 0.717) is 32.5 Å². The zero-order chi connectivity index (χ0) is 13.3. The molecule has 0 aliphatic rings. The average molecular weight is 348 g/mol. The zero-order valence-corrected chi connectivity index (χ0v) is 12.2. The summed E-state index contributed by atoms with van der Waals surface area (Å²) in [6, 6.07) is 5.16. The minimum atomic E-state index is 0.135. The molecule has 0 amide bonds. The third kappa shape index (κ3) is 2.53. The maximum atomic E-state index is 6.16. The lowest BCUT2D eigenvalue weighted by molar-refractivity contribution is 1.12. The number of nitrogen functional groups attached to an aromatic ring is 2. The highest BCUT2D eigenvalue weighted by molar-refractivity contribution is 9.08. The van der Waals surface area contributed by atoms with E-state index in [2.05, 4.69) is 25.9 Å². The van der Waals surface area contributed by atoms with Gasteiger partial charge < -0.3 is 11.5 Å². The molecule has 94 valence electrons. The Labute approximate surface area is 122 Å². The molecule has 0 saturated heterocycles. The lowest BCUT2D eigenvalue weighted by Crippen LogP contribution is -2.05. The first kappa shape index (κ1) is 13.4. The van der Waals surface area contributed by atoms with Gasteiger partial charge in [0.1, 0.15) is 5.82 Å². The van der Waals surface area contributed by atoms with Crippen molar-refractivity contribution in [2.45, 2.75) is 5.33 Å². The molecule has 1 aromatic heterocycles. The first-order chi connectivity index (χ1) is 8.52. The van der Waals surface area contributed by atoms with Gasteiger partial charge in [0, 0.05) is 21.5 Å². The summed E-state index contributed by atoms with van der Waals surface area (Å²) in [7, 11) is 0. The molecule has 7 heteroatoms. The van der Waals surface area contributed by atoms with Gasteiger partial charge in [-0.2, -0.15) is 4.98 Å². The summed E-state index contributed by atoms with van der Waals surface area (Å²) < 4.78 is 0. The van der Waals surface area contributed by atoms with Crippen molar-refractivity contribution in [3.05, 3.63) is 33.9 Å². The summed E-state index contributed by atoms with van der Waals surface area (Å²) >= 11 is 15.4. The van der Waals surface area contributed by atoms with Crippen LogP contribution in [0.1, 0.15) is 5.69 Å². The van der Waals surface area contributed by atoms with Crippen molar-refractivity contribution in [2.75, 3.05) is 11.5 Å². The Morgan fingerprint density at radius 2 is 1.89 bits per heavy atom. The molecule has 0 unspecified atom stereocenters. The third-order valence-corrected chi connectivity index (χ3v) is 3.44. The summed E-state index contributed by atoms with van der Waals surface area (Å²) in [6.45, 7) is 0. The fraction of sp³-hybridized carbons (Fsp3) is 0.0909. The van der Waals surface area contributed by atoms with Crippen LogP contribution >= 0.6 is 39.1 Å². The van der Waals surface area contributed by atoms with Crippen LogP contribution in [0.5, 0.6) is 0 Å². The van der Waals surface area contributed by atoms with E-state index in [4.69, 9.17) is 34.7 Å². The molecule has 0 spiro atoms. The largest absolute Gasteiger partial charge is 0.383 e. The normalized spacial score (nSPS) is 10.6. The molecule has 1 aromatic carbocycles. The molecule has 18 heavy (non-hydrogen) atoms. The number of hydrogen-bond acceptors (Lipinski definition) is 4. The summed E-state index contributed by atoms with van der Waals surface area (Å²) in [5.41, 5.74) is 13.5. The Kier molecular flexibility index (Phi) is 3.94. The minimum absolute atomic E-state index is 0.135. The van der Waals surface area contributed by atoms with Gasteiger partial charge in [-0.1, -0.05) is 45.2 Å². The lowest BCUT2D eigenvalue weighted by Gasteiger charge is -2.11. The topological polar surface area (TPSA) is 77.8 Å². The van der Waals surface area contributed by atoms with Gasteiger partial charge in [-0.3, -0.25) is 0 Å². The van der Waals surface area contributed by atoms with Crippen molar-refractivity contribution >= 4 is 50.9 Å². The SMILES string of the molecule is Nc1nc(N)c(-c2ccc(Cl)cc2Cl)c(CBr)n1. The number of benzene rings is 1. The van der Waals surface area contributed by atoms with E-state index in [-0.39, 0.29) is 5.95 Å². The van der Waals surface area contributed by atoms with E-state index < -0.39 is 0 Å². The molecular weight excluding hydrogens is 339 g/mol. The Morgan fingerprint density at radius 3 is 2.50 bits per heavy atom. The molecule has 4 N–H and O–H groups in total. The third-order valence-electron chi connectivity index (χ3n) is 2.36. The van der Waals surface area contributed by atoms with Crippen LogP contribution in [0.4, 0.5) is 11.8 Å². The molecule has 4 nitrogen and oxygen atoms in total. The Balaban J connectivity index is 2.70. The van der Waals surface area contributed by atoms with Crippen LogP contribution in [0, 0.1) is 0 Å². The second-order valence-electron chi connectivity index (χ2n) is 3.55. The van der Waals surface area contributed by atoms with E-state index in [1.165, 1.54) is 0 Å². The van der Waals surface area contributed by atoms with E-state index in [1.807, 2.05) is 0 Å². The maximum Gasteiger partial charge on any atom is 0.222 e. The molecule has 0 bridgehead atoms. The molecular formula is C11H9BrCl2N4. The lowest BCUT2D eigenvalue weighted by atomic mass is 10.1. The number of alkyl halides is 1. The molecule has 0 aliphatic heterocycles. The van der Waals surface area contributed by atoms with Crippen LogP contribution in [0.25, 0.3) is 11.1 Å². The van der Waals surface area contributed by atoms with E-state index >= 15 is 0 Å². The monoisotopic (exact) mass is 346 g/mol. The van der Waals surface area contributed by atoms with Gasteiger partial charge in [0.25, 0.3) is 0 Å². The molecule has 0 aliphatic carbocycles. The van der Waals surface area contributed by atoms with Crippen molar-refractivity contribution in [1.29, 1.82) is 0 Å². The van der Waals surface area contributed by atoms with Gasteiger partial charge in [0.05, 0.1) is 10.7 Å². The van der Waals surface area contributed by atoms with Crippen LogP contribution in [0.15, 0.2) is 18.2 Å². The summed E-state index contributed by atoms with van der Waals surface area (Å²) in [6.07, 6.45) is 0.